The summed E-state index contributed by atoms with van der Waals surface area (Å²) in [7, 11) is 0. The topological polar surface area (TPSA) is 162 Å². The first kappa shape index (κ1) is 23.6. The Balaban J connectivity index is 1.62. The number of hydrogen-bond acceptors (Lipinski definition) is 8. The van der Waals surface area contributed by atoms with Crippen molar-refractivity contribution in [3.8, 4) is 0 Å². The molecule has 31 heavy (non-hydrogen) atoms. The third-order valence-corrected chi connectivity index (χ3v) is 4.29. The number of nitrogens with zero attached hydrogens (tertiary/aromatic N) is 2. The smallest absolute Gasteiger partial charge is 0.328 e. The normalized spacial score (nSPS) is 10.6. The molecule has 0 saturated carbocycles. The molecule has 2 aromatic rings. The summed E-state index contributed by atoms with van der Waals surface area (Å²) in [6, 6.07) is 0. The van der Waals surface area contributed by atoms with Gasteiger partial charge in [0.2, 0.25) is 0 Å². The van der Waals surface area contributed by atoms with Gasteiger partial charge in [-0.1, -0.05) is 0 Å². The van der Waals surface area contributed by atoms with Crippen LogP contribution in [-0.4, -0.2) is 44.3 Å². The molecule has 0 radical (unpaired) electrons. The van der Waals surface area contributed by atoms with Gasteiger partial charge in [0, 0.05) is 23.5 Å². The second-order valence-corrected chi connectivity index (χ2v) is 6.90. The van der Waals surface area contributed by atoms with Crippen LogP contribution >= 0.6 is 0 Å². The Bertz CT molecular complexity index is 1080. The first-order valence-corrected chi connectivity index (χ1v) is 9.59. The monoisotopic (exact) mass is 436 g/mol. The van der Waals surface area contributed by atoms with Crippen molar-refractivity contribution in [2.24, 2.45) is 0 Å². The second kappa shape index (κ2) is 10.9. The van der Waals surface area contributed by atoms with E-state index >= 15 is 0 Å². The average molecular weight is 436 g/mol. The Morgan fingerprint density at radius 3 is 1.52 bits per heavy atom. The molecular formula is C19H24N4O8. The number of aromatic nitrogens is 4. The number of carbonyl (C=O) groups excluding carboxylic acids is 2. The van der Waals surface area contributed by atoms with Crippen molar-refractivity contribution in [1.29, 1.82) is 0 Å². The van der Waals surface area contributed by atoms with Crippen LogP contribution in [0.2, 0.25) is 0 Å². The molecule has 2 N–H and O–H groups in total. The van der Waals surface area contributed by atoms with E-state index in [1.54, 1.807) is 0 Å². The summed E-state index contributed by atoms with van der Waals surface area (Å²) >= 11 is 0. The third kappa shape index (κ3) is 7.24. The lowest BCUT2D eigenvalue weighted by molar-refractivity contribution is -0.144. The molecule has 0 spiro atoms. The molecule has 2 heterocycles. The highest BCUT2D eigenvalue weighted by molar-refractivity contribution is 5.69. The van der Waals surface area contributed by atoms with Crippen LogP contribution in [0.15, 0.2) is 31.6 Å². The SMILES string of the molecule is Cc1cn(CC(=O)OCCCCCOC(=O)Cn2cc(C)c(=O)[nH]c2=O)c(=O)[nH]c1=O. The van der Waals surface area contributed by atoms with Gasteiger partial charge >= 0.3 is 23.3 Å². The molecule has 0 fully saturated rings. The van der Waals surface area contributed by atoms with Crippen molar-refractivity contribution in [3.05, 3.63) is 65.2 Å². The van der Waals surface area contributed by atoms with Crippen LogP contribution in [0.4, 0.5) is 0 Å². The van der Waals surface area contributed by atoms with Gasteiger partial charge in [0.1, 0.15) is 13.1 Å². The van der Waals surface area contributed by atoms with Crippen molar-refractivity contribution >= 4 is 11.9 Å². The second-order valence-electron chi connectivity index (χ2n) is 6.90. The quantitative estimate of drug-likeness (QED) is 0.352. The standard InChI is InChI=1S/C19H24N4O8/c1-12-8-22(18(28)20-16(12)26)10-14(24)30-6-4-3-5-7-31-15(25)11-23-9-13(2)17(27)21-19(23)29/h8-9H,3-7,10-11H2,1-2H3,(H,20,26,28)(H,21,27,29). The van der Waals surface area contributed by atoms with E-state index in [9.17, 15) is 28.8 Å². The predicted molar refractivity (Wildman–Crippen MR) is 108 cm³/mol. The number of unbranched alkanes of at least 4 members (excludes halogenated alkanes) is 2. The molecule has 0 aromatic carbocycles. The summed E-state index contributed by atoms with van der Waals surface area (Å²) in [5.74, 6) is -1.22. The van der Waals surface area contributed by atoms with Crippen LogP contribution in [0, 0.1) is 13.8 Å². The van der Waals surface area contributed by atoms with Crippen molar-refractivity contribution in [2.45, 2.75) is 46.2 Å². The summed E-state index contributed by atoms with van der Waals surface area (Å²) in [5.41, 5.74) is -1.76. The molecular weight excluding hydrogens is 412 g/mol. The number of aryl methyl sites for hydroxylation is 2. The minimum absolute atomic E-state index is 0.135. The summed E-state index contributed by atoms with van der Waals surface area (Å²) < 4.78 is 12.2. The largest absolute Gasteiger partial charge is 0.464 e. The molecule has 0 saturated heterocycles. The fourth-order valence-electron chi connectivity index (χ4n) is 2.59. The highest BCUT2D eigenvalue weighted by Gasteiger charge is 2.09. The molecule has 0 unspecified atom stereocenters. The molecule has 12 nitrogen and oxygen atoms in total. The first-order valence-electron chi connectivity index (χ1n) is 9.59. The number of carbonyl (C=O) groups is 2. The van der Waals surface area contributed by atoms with Crippen LogP contribution in [0.25, 0.3) is 0 Å². The van der Waals surface area contributed by atoms with Crippen molar-refractivity contribution in [3.63, 3.8) is 0 Å². The fourth-order valence-corrected chi connectivity index (χ4v) is 2.59. The van der Waals surface area contributed by atoms with E-state index < -0.39 is 34.4 Å². The number of esters is 2. The van der Waals surface area contributed by atoms with Crippen LogP contribution in [0.1, 0.15) is 30.4 Å². The van der Waals surface area contributed by atoms with Gasteiger partial charge in [0.25, 0.3) is 11.1 Å². The summed E-state index contributed by atoms with van der Waals surface area (Å²) in [6.45, 7) is 2.70. The maximum absolute atomic E-state index is 11.8. The Hall–Kier alpha value is -3.70. The molecule has 168 valence electrons. The van der Waals surface area contributed by atoms with Crippen LogP contribution in [0.5, 0.6) is 0 Å². The van der Waals surface area contributed by atoms with Gasteiger partial charge in [-0.05, 0) is 33.1 Å². The number of aromatic amines is 2. The number of hydrogen-bond donors (Lipinski definition) is 2. The lowest BCUT2D eigenvalue weighted by atomic mass is 10.2. The van der Waals surface area contributed by atoms with Crippen molar-refractivity contribution < 1.29 is 19.1 Å². The van der Waals surface area contributed by atoms with Crippen LogP contribution < -0.4 is 22.5 Å². The number of nitrogens with one attached hydrogen (secondary N) is 2. The zero-order valence-electron chi connectivity index (χ0n) is 17.3. The summed E-state index contributed by atoms with van der Waals surface area (Å²) in [4.78, 5) is 73.6. The van der Waals surface area contributed by atoms with E-state index in [1.807, 2.05) is 0 Å². The molecule has 0 aliphatic rings. The number of H-pyrrole nitrogens is 2. The average Bonchev–Trinajstić information content (AvgIpc) is 2.69. The Kier molecular flexibility index (Phi) is 8.29. The van der Waals surface area contributed by atoms with Crippen molar-refractivity contribution in [1.82, 2.24) is 19.1 Å². The maximum Gasteiger partial charge on any atom is 0.328 e. The van der Waals surface area contributed by atoms with E-state index in [0.717, 1.165) is 9.13 Å². The van der Waals surface area contributed by atoms with Crippen LogP contribution in [-0.2, 0) is 32.2 Å². The van der Waals surface area contributed by atoms with E-state index in [1.165, 1.54) is 26.2 Å². The van der Waals surface area contributed by atoms with Crippen molar-refractivity contribution in [2.75, 3.05) is 13.2 Å². The fraction of sp³-hybridized carbons (Fsp3) is 0.474. The van der Waals surface area contributed by atoms with Gasteiger partial charge in [-0.25, -0.2) is 9.59 Å². The molecule has 2 rings (SSSR count). The molecule has 0 amide bonds. The zero-order chi connectivity index (χ0) is 23.0. The predicted octanol–water partition coefficient (Wildman–Crippen LogP) is -1.04. The van der Waals surface area contributed by atoms with E-state index in [2.05, 4.69) is 9.97 Å². The van der Waals surface area contributed by atoms with Gasteiger partial charge in [-0.3, -0.25) is 38.3 Å². The van der Waals surface area contributed by atoms with E-state index in [-0.39, 0.29) is 26.3 Å². The zero-order valence-corrected chi connectivity index (χ0v) is 17.3. The maximum atomic E-state index is 11.8. The van der Waals surface area contributed by atoms with Gasteiger partial charge in [-0.2, -0.15) is 0 Å². The highest BCUT2D eigenvalue weighted by atomic mass is 16.5. The Morgan fingerprint density at radius 1 is 0.742 bits per heavy atom. The number of ether oxygens (including phenoxy) is 2. The molecule has 12 heteroatoms. The summed E-state index contributed by atoms with van der Waals surface area (Å²) in [6.07, 6.45) is 4.26. The highest BCUT2D eigenvalue weighted by Crippen LogP contribution is 1.99. The lowest BCUT2D eigenvalue weighted by Crippen LogP contribution is -2.33. The van der Waals surface area contributed by atoms with E-state index in [4.69, 9.17) is 9.47 Å². The van der Waals surface area contributed by atoms with Gasteiger partial charge in [0.15, 0.2) is 0 Å². The number of rotatable bonds is 10. The Morgan fingerprint density at radius 2 is 1.13 bits per heavy atom. The van der Waals surface area contributed by atoms with Gasteiger partial charge in [-0.15, -0.1) is 0 Å². The minimum atomic E-state index is -0.686. The summed E-state index contributed by atoms with van der Waals surface area (Å²) in [5, 5.41) is 0. The molecule has 2 aromatic heterocycles. The van der Waals surface area contributed by atoms with Crippen LogP contribution in [0.3, 0.4) is 0 Å². The molecule has 0 atom stereocenters. The molecule has 0 bridgehead atoms. The first-order chi connectivity index (χ1) is 14.7. The van der Waals surface area contributed by atoms with Gasteiger partial charge < -0.3 is 9.47 Å². The lowest BCUT2D eigenvalue weighted by Gasteiger charge is -2.08. The molecule has 0 aliphatic carbocycles. The minimum Gasteiger partial charge on any atom is -0.464 e. The Labute approximate surface area is 175 Å². The van der Waals surface area contributed by atoms with E-state index in [0.29, 0.717) is 30.4 Å². The molecule has 0 aliphatic heterocycles. The van der Waals surface area contributed by atoms with Gasteiger partial charge in [0.05, 0.1) is 13.2 Å². The third-order valence-electron chi connectivity index (χ3n) is 4.29.